The number of aromatic nitrogens is 2. The quantitative estimate of drug-likeness (QED) is 0.134. The van der Waals surface area contributed by atoms with Gasteiger partial charge in [-0.3, -0.25) is 4.79 Å². The van der Waals surface area contributed by atoms with Crippen LogP contribution in [0.25, 0.3) is 22.2 Å². The summed E-state index contributed by atoms with van der Waals surface area (Å²) in [5, 5.41) is 0. The molecule has 4 aromatic rings. The van der Waals surface area contributed by atoms with E-state index >= 15 is 0 Å². The highest BCUT2D eigenvalue weighted by Gasteiger charge is 2.20. The van der Waals surface area contributed by atoms with Crippen LogP contribution in [-0.2, 0) is 17.7 Å². The summed E-state index contributed by atoms with van der Waals surface area (Å²) in [7, 11) is 1.87. The first kappa shape index (κ1) is 30.8. The van der Waals surface area contributed by atoms with Crippen molar-refractivity contribution in [1.82, 2.24) is 14.5 Å². The summed E-state index contributed by atoms with van der Waals surface area (Å²) < 4.78 is 13.1. The average molecular weight is 570 g/mol. The van der Waals surface area contributed by atoms with Crippen LogP contribution in [0.15, 0.2) is 66.7 Å². The molecule has 0 aliphatic heterocycles. The Hall–Kier alpha value is -4.13. The first-order valence-corrected chi connectivity index (χ1v) is 14.9. The van der Waals surface area contributed by atoms with Crippen molar-refractivity contribution in [3.05, 3.63) is 83.7 Å². The van der Waals surface area contributed by atoms with E-state index < -0.39 is 11.8 Å². The number of amides is 1. The van der Waals surface area contributed by atoms with Gasteiger partial charge in [-0.1, -0.05) is 69.2 Å². The van der Waals surface area contributed by atoms with E-state index in [1.54, 1.807) is 31.7 Å². The van der Waals surface area contributed by atoms with Crippen molar-refractivity contribution in [2.45, 2.75) is 78.9 Å². The lowest BCUT2D eigenvalue weighted by Gasteiger charge is -2.19. The van der Waals surface area contributed by atoms with Crippen LogP contribution in [0.5, 0.6) is 5.75 Å². The zero-order chi connectivity index (χ0) is 30.3. The third-order valence-electron chi connectivity index (χ3n) is 7.10. The van der Waals surface area contributed by atoms with Crippen molar-refractivity contribution in [2.75, 3.05) is 13.6 Å². The maximum atomic E-state index is 13.1. The van der Waals surface area contributed by atoms with Gasteiger partial charge in [-0.25, -0.2) is 9.78 Å². The predicted octanol–water partition coefficient (Wildman–Crippen LogP) is 8.28. The molecule has 0 unspecified atom stereocenters. The van der Waals surface area contributed by atoms with Gasteiger partial charge in [0.2, 0.25) is 0 Å². The fraction of sp³-hybridized carbons (Fsp3) is 0.400. The molecule has 0 fully saturated rings. The number of benzene rings is 3. The number of carbonyl (C=O) groups is 2. The zero-order valence-corrected chi connectivity index (χ0v) is 25.8. The van der Waals surface area contributed by atoms with E-state index in [1.807, 2.05) is 55.6 Å². The SMILES string of the molecule is CCCCc1nc2ccc(C(=O)N(C)CCCC)cc2n1Cc1ccc(-c2ccccc2OC(=O)OC(C)(C)C)cc1. The molecular formula is C35H43N3O4. The van der Waals surface area contributed by atoms with Gasteiger partial charge in [0.05, 0.1) is 11.0 Å². The molecule has 0 aliphatic rings. The van der Waals surface area contributed by atoms with Gasteiger partial charge in [-0.2, -0.15) is 0 Å². The summed E-state index contributed by atoms with van der Waals surface area (Å²) in [4.78, 5) is 32.2. The predicted molar refractivity (Wildman–Crippen MR) is 168 cm³/mol. The zero-order valence-electron chi connectivity index (χ0n) is 25.8. The van der Waals surface area contributed by atoms with Crippen LogP contribution < -0.4 is 4.74 Å². The number of rotatable bonds is 11. The molecule has 7 heteroatoms. The minimum Gasteiger partial charge on any atom is -0.428 e. The van der Waals surface area contributed by atoms with Crippen LogP contribution in [0.2, 0.25) is 0 Å². The molecule has 4 rings (SSSR count). The molecule has 42 heavy (non-hydrogen) atoms. The second-order valence-electron chi connectivity index (χ2n) is 11.8. The Balaban J connectivity index is 1.61. The van der Waals surface area contributed by atoms with Crippen LogP contribution in [0.1, 0.15) is 82.0 Å². The fourth-order valence-electron chi connectivity index (χ4n) is 4.85. The van der Waals surface area contributed by atoms with E-state index in [0.717, 1.165) is 72.2 Å². The first-order valence-electron chi connectivity index (χ1n) is 14.9. The van der Waals surface area contributed by atoms with Gasteiger partial charge in [0, 0.05) is 37.7 Å². The van der Waals surface area contributed by atoms with Crippen molar-refractivity contribution >= 4 is 23.1 Å². The Kier molecular flexibility index (Phi) is 10.0. The lowest BCUT2D eigenvalue weighted by molar-refractivity contribution is 0.0207. The van der Waals surface area contributed by atoms with Crippen molar-refractivity contribution in [2.24, 2.45) is 0 Å². The highest BCUT2D eigenvalue weighted by Crippen LogP contribution is 2.31. The van der Waals surface area contributed by atoms with E-state index in [-0.39, 0.29) is 5.91 Å². The molecule has 0 saturated carbocycles. The van der Waals surface area contributed by atoms with Gasteiger partial charge >= 0.3 is 6.16 Å². The first-order chi connectivity index (χ1) is 20.1. The molecule has 0 radical (unpaired) electrons. The van der Waals surface area contributed by atoms with Crippen LogP contribution in [0.4, 0.5) is 4.79 Å². The maximum absolute atomic E-state index is 13.1. The molecule has 0 atom stereocenters. The number of fused-ring (bicyclic) bond motifs is 1. The fourth-order valence-corrected chi connectivity index (χ4v) is 4.85. The molecule has 3 aromatic carbocycles. The Morgan fingerprint density at radius 3 is 2.33 bits per heavy atom. The third kappa shape index (κ3) is 7.78. The van der Waals surface area contributed by atoms with Gasteiger partial charge < -0.3 is 18.9 Å². The molecule has 0 aliphatic carbocycles. The molecule has 7 nitrogen and oxygen atoms in total. The highest BCUT2D eigenvalue weighted by atomic mass is 16.7. The number of unbranched alkanes of at least 4 members (excludes halogenated alkanes) is 2. The van der Waals surface area contributed by atoms with Crippen molar-refractivity contribution in [1.29, 1.82) is 0 Å². The molecule has 0 N–H and O–H groups in total. The van der Waals surface area contributed by atoms with Crippen LogP contribution in [0, 0.1) is 0 Å². The molecule has 0 spiro atoms. The third-order valence-corrected chi connectivity index (χ3v) is 7.10. The van der Waals surface area contributed by atoms with Crippen LogP contribution >= 0.6 is 0 Å². The highest BCUT2D eigenvalue weighted by molar-refractivity contribution is 5.97. The molecule has 1 heterocycles. The number of aryl methyl sites for hydroxylation is 1. The van der Waals surface area contributed by atoms with E-state index in [1.165, 1.54) is 0 Å². The number of carbonyl (C=O) groups excluding carboxylic acids is 2. The molecule has 0 bridgehead atoms. The summed E-state index contributed by atoms with van der Waals surface area (Å²) in [5.74, 6) is 1.50. The summed E-state index contributed by atoms with van der Waals surface area (Å²) in [6, 6.07) is 21.5. The normalized spacial score (nSPS) is 11.5. The second kappa shape index (κ2) is 13.7. The van der Waals surface area contributed by atoms with Crippen molar-refractivity contribution in [3.63, 3.8) is 0 Å². The van der Waals surface area contributed by atoms with E-state index in [0.29, 0.717) is 17.9 Å². The Morgan fingerprint density at radius 1 is 0.929 bits per heavy atom. The summed E-state index contributed by atoms with van der Waals surface area (Å²) in [5.41, 5.74) is 4.76. The Bertz CT molecular complexity index is 1520. The lowest BCUT2D eigenvalue weighted by atomic mass is 10.0. The minimum atomic E-state index is -0.729. The standard InChI is InChI=1S/C35H43N3O4/c1-7-9-15-32-36-29-21-20-27(33(39)37(6)22-10-8-2)23-30(29)38(32)24-25-16-18-26(19-17-25)28-13-11-12-14-31(28)41-34(40)42-35(3,4)5/h11-14,16-21,23H,7-10,15,22,24H2,1-6H3. The molecule has 0 saturated heterocycles. The monoisotopic (exact) mass is 569 g/mol. The largest absolute Gasteiger partial charge is 0.514 e. The average Bonchev–Trinajstić information content (AvgIpc) is 3.30. The van der Waals surface area contributed by atoms with Crippen LogP contribution in [0.3, 0.4) is 0 Å². The topological polar surface area (TPSA) is 73.7 Å². The number of nitrogens with zero attached hydrogens (tertiary/aromatic N) is 3. The number of hydrogen-bond donors (Lipinski definition) is 0. The van der Waals surface area contributed by atoms with Crippen LogP contribution in [-0.4, -0.2) is 45.7 Å². The summed E-state index contributed by atoms with van der Waals surface area (Å²) in [6.45, 7) is 11.1. The van der Waals surface area contributed by atoms with E-state index in [4.69, 9.17) is 14.5 Å². The number of imidazole rings is 1. The smallest absolute Gasteiger partial charge is 0.428 e. The summed E-state index contributed by atoms with van der Waals surface area (Å²) >= 11 is 0. The lowest BCUT2D eigenvalue weighted by Crippen LogP contribution is -2.27. The molecule has 1 amide bonds. The molecular weight excluding hydrogens is 526 g/mol. The Morgan fingerprint density at radius 2 is 1.64 bits per heavy atom. The summed E-state index contributed by atoms with van der Waals surface area (Å²) in [6.07, 6.45) is 4.30. The van der Waals surface area contributed by atoms with Crippen molar-refractivity contribution in [3.8, 4) is 16.9 Å². The van der Waals surface area contributed by atoms with E-state index in [9.17, 15) is 9.59 Å². The van der Waals surface area contributed by atoms with Gasteiger partial charge in [0.1, 0.15) is 17.2 Å². The second-order valence-corrected chi connectivity index (χ2v) is 11.8. The number of ether oxygens (including phenoxy) is 2. The van der Waals surface area contributed by atoms with E-state index in [2.05, 4.69) is 30.5 Å². The van der Waals surface area contributed by atoms with Crippen molar-refractivity contribution < 1.29 is 19.1 Å². The molecule has 222 valence electrons. The van der Waals surface area contributed by atoms with Gasteiger partial charge in [-0.05, 0) is 69.0 Å². The number of hydrogen-bond acceptors (Lipinski definition) is 5. The Labute approximate surface area is 249 Å². The minimum absolute atomic E-state index is 0.0322. The maximum Gasteiger partial charge on any atom is 0.514 e. The van der Waals surface area contributed by atoms with Gasteiger partial charge in [0.25, 0.3) is 5.91 Å². The molecule has 1 aromatic heterocycles. The number of para-hydroxylation sites is 1. The van der Waals surface area contributed by atoms with Gasteiger partial charge in [-0.15, -0.1) is 0 Å². The van der Waals surface area contributed by atoms with Gasteiger partial charge in [0.15, 0.2) is 0 Å².